The number of hydrogen-bond acceptors (Lipinski definition) is 4. The third kappa shape index (κ3) is 3.81. The first kappa shape index (κ1) is 15.0. The Morgan fingerprint density at radius 1 is 1.10 bits per heavy atom. The lowest BCUT2D eigenvalue weighted by atomic mass is 10.1. The van der Waals surface area contributed by atoms with Gasteiger partial charge in [0.15, 0.2) is 0 Å². The quantitative estimate of drug-likeness (QED) is 0.821. The van der Waals surface area contributed by atoms with E-state index in [1.165, 1.54) is 12.1 Å². The van der Waals surface area contributed by atoms with Crippen LogP contribution < -0.4 is 10.5 Å². The van der Waals surface area contributed by atoms with Crippen LogP contribution in [0.1, 0.15) is 11.1 Å². The van der Waals surface area contributed by atoms with Gasteiger partial charge in [-0.15, -0.1) is 0 Å². The number of benzene rings is 2. The van der Waals surface area contributed by atoms with E-state index >= 15 is 0 Å². The van der Waals surface area contributed by atoms with Crippen LogP contribution in [0.5, 0.6) is 0 Å². The first-order valence-electron chi connectivity index (χ1n) is 6.36. The third-order valence-corrected chi connectivity index (χ3v) is 4.50. The summed E-state index contributed by atoms with van der Waals surface area (Å²) < 4.78 is 26.9. The Morgan fingerprint density at radius 3 is 2.43 bits per heavy atom. The van der Waals surface area contributed by atoms with Gasteiger partial charge in [0, 0.05) is 12.2 Å². The van der Waals surface area contributed by atoms with Gasteiger partial charge >= 0.3 is 0 Å². The molecular weight excluding hydrogens is 286 g/mol. The second kappa shape index (κ2) is 6.39. The van der Waals surface area contributed by atoms with Gasteiger partial charge in [0.2, 0.25) is 10.0 Å². The van der Waals surface area contributed by atoms with Crippen molar-refractivity contribution < 1.29 is 8.42 Å². The molecule has 0 amide bonds. The van der Waals surface area contributed by atoms with E-state index < -0.39 is 10.0 Å². The highest BCUT2D eigenvalue weighted by Crippen LogP contribution is 2.14. The minimum atomic E-state index is -3.68. The van der Waals surface area contributed by atoms with Gasteiger partial charge < -0.3 is 5.73 Å². The number of rotatable bonds is 5. The Bertz CT molecular complexity index is 762. The first-order valence-corrected chi connectivity index (χ1v) is 7.84. The van der Waals surface area contributed by atoms with Gasteiger partial charge in [-0.3, -0.25) is 0 Å². The summed E-state index contributed by atoms with van der Waals surface area (Å²) in [6, 6.07) is 15.3. The lowest BCUT2D eigenvalue weighted by molar-refractivity contribution is 0.581. The van der Waals surface area contributed by atoms with E-state index in [4.69, 9.17) is 11.0 Å². The van der Waals surface area contributed by atoms with E-state index in [2.05, 4.69) is 4.72 Å². The van der Waals surface area contributed by atoms with Crippen molar-refractivity contribution in [3.63, 3.8) is 0 Å². The molecule has 0 fully saturated rings. The zero-order chi connectivity index (χ0) is 15.3. The molecule has 108 valence electrons. The predicted octanol–water partition coefficient (Wildman–Crippen LogP) is 1.66. The van der Waals surface area contributed by atoms with Crippen LogP contribution in [0.2, 0.25) is 0 Å². The van der Waals surface area contributed by atoms with E-state index in [9.17, 15) is 8.42 Å². The van der Waals surface area contributed by atoms with Crippen LogP contribution in [0.25, 0.3) is 0 Å². The number of nitrogen functional groups attached to an aromatic ring is 1. The molecule has 0 aliphatic heterocycles. The van der Waals surface area contributed by atoms with Gasteiger partial charge in [-0.2, -0.15) is 5.26 Å². The summed E-state index contributed by atoms with van der Waals surface area (Å²) in [7, 11) is -3.68. The van der Waals surface area contributed by atoms with Crippen molar-refractivity contribution in [3.05, 3.63) is 59.7 Å². The number of nitrogens with zero attached hydrogens (tertiary/aromatic N) is 1. The highest BCUT2D eigenvalue weighted by atomic mass is 32.2. The molecule has 21 heavy (non-hydrogen) atoms. The zero-order valence-electron chi connectivity index (χ0n) is 11.3. The molecule has 2 aromatic carbocycles. The van der Waals surface area contributed by atoms with E-state index in [-0.39, 0.29) is 17.0 Å². The van der Waals surface area contributed by atoms with Gasteiger partial charge in [0.1, 0.15) is 6.07 Å². The molecule has 0 bridgehead atoms. The molecule has 0 aliphatic rings. The van der Waals surface area contributed by atoms with Crippen LogP contribution in [0.3, 0.4) is 0 Å². The molecule has 6 heteroatoms. The SMILES string of the molecule is N#Cc1ccccc1S(=O)(=O)NCCc1ccc(N)cc1. The third-order valence-electron chi connectivity index (χ3n) is 2.98. The van der Waals surface area contributed by atoms with Crippen molar-refractivity contribution in [2.24, 2.45) is 0 Å². The highest BCUT2D eigenvalue weighted by Gasteiger charge is 2.17. The molecule has 0 aromatic heterocycles. The summed E-state index contributed by atoms with van der Waals surface area (Å²) in [6.45, 7) is 0.256. The summed E-state index contributed by atoms with van der Waals surface area (Å²) >= 11 is 0. The topological polar surface area (TPSA) is 96.0 Å². The van der Waals surface area contributed by atoms with Crippen LogP contribution in [0, 0.1) is 11.3 Å². The molecule has 2 aromatic rings. The average molecular weight is 301 g/mol. The molecular formula is C15H15N3O2S. The Balaban J connectivity index is 2.05. The van der Waals surface area contributed by atoms with Crippen LogP contribution >= 0.6 is 0 Å². The summed E-state index contributed by atoms with van der Waals surface area (Å²) in [5, 5.41) is 8.96. The van der Waals surface area contributed by atoms with Crippen LogP contribution in [-0.2, 0) is 16.4 Å². The molecule has 0 atom stereocenters. The second-order valence-corrected chi connectivity index (χ2v) is 6.23. The molecule has 0 aliphatic carbocycles. The normalized spacial score (nSPS) is 11.0. The van der Waals surface area contributed by atoms with E-state index in [1.807, 2.05) is 18.2 Å². The molecule has 2 rings (SSSR count). The fourth-order valence-electron chi connectivity index (χ4n) is 1.89. The lowest BCUT2D eigenvalue weighted by Gasteiger charge is -2.08. The number of anilines is 1. The molecule has 0 saturated heterocycles. The zero-order valence-corrected chi connectivity index (χ0v) is 12.1. The maximum Gasteiger partial charge on any atom is 0.241 e. The van der Waals surface area contributed by atoms with Crippen molar-refractivity contribution in [3.8, 4) is 6.07 Å². The van der Waals surface area contributed by atoms with Gasteiger partial charge in [-0.05, 0) is 36.2 Å². The Morgan fingerprint density at radius 2 is 1.76 bits per heavy atom. The van der Waals surface area contributed by atoms with Crippen molar-refractivity contribution in [1.82, 2.24) is 4.72 Å². The van der Waals surface area contributed by atoms with Gasteiger partial charge in [-0.1, -0.05) is 24.3 Å². The second-order valence-electron chi connectivity index (χ2n) is 4.50. The van der Waals surface area contributed by atoms with Crippen LogP contribution in [0.15, 0.2) is 53.4 Å². The largest absolute Gasteiger partial charge is 0.399 e. The van der Waals surface area contributed by atoms with Crippen molar-refractivity contribution in [2.75, 3.05) is 12.3 Å². The highest BCUT2D eigenvalue weighted by molar-refractivity contribution is 7.89. The standard InChI is InChI=1S/C15H15N3O2S/c16-11-13-3-1-2-4-15(13)21(19,20)18-10-9-12-5-7-14(17)8-6-12/h1-8,18H,9-10,17H2. The van der Waals surface area contributed by atoms with Gasteiger partial charge in [0.05, 0.1) is 10.5 Å². The van der Waals surface area contributed by atoms with Crippen molar-refractivity contribution >= 4 is 15.7 Å². The smallest absolute Gasteiger partial charge is 0.241 e. The molecule has 0 saturated carbocycles. The molecule has 0 heterocycles. The fourth-order valence-corrected chi connectivity index (χ4v) is 3.07. The monoisotopic (exact) mass is 301 g/mol. The average Bonchev–Trinajstić information content (AvgIpc) is 2.49. The number of nitriles is 1. The number of hydrogen-bond donors (Lipinski definition) is 2. The number of sulfonamides is 1. The Labute approximate surface area is 124 Å². The summed E-state index contributed by atoms with van der Waals surface area (Å²) in [5.74, 6) is 0. The van der Waals surface area contributed by atoms with Crippen molar-refractivity contribution in [1.29, 1.82) is 5.26 Å². The minimum absolute atomic E-state index is 0.00445. The summed E-state index contributed by atoms with van der Waals surface area (Å²) in [5.41, 5.74) is 7.38. The van der Waals surface area contributed by atoms with E-state index in [0.717, 1.165) is 5.56 Å². The molecule has 0 unspecified atom stereocenters. The Kier molecular flexibility index (Phi) is 4.58. The first-order chi connectivity index (χ1) is 10.0. The van der Waals surface area contributed by atoms with E-state index in [1.54, 1.807) is 24.3 Å². The lowest BCUT2D eigenvalue weighted by Crippen LogP contribution is -2.26. The fraction of sp³-hybridized carbons (Fsp3) is 0.133. The minimum Gasteiger partial charge on any atom is -0.399 e. The van der Waals surface area contributed by atoms with Crippen LogP contribution in [-0.4, -0.2) is 15.0 Å². The number of nitrogens with two attached hydrogens (primary N) is 1. The van der Waals surface area contributed by atoms with Crippen molar-refractivity contribution in [2.45, 2.75) is 11.3 Å². The maximum absolute atomic E-state index is 12.2. The molecule has 3 N–H and O–H groups in total. The van der Waals surface area contributed by atoms with Gasteiger partial charge in [-0.25, -0.2) is 13.1 Å². The van der Waals surface area contributed by atoms with E-state index in [0.29, 0.717) is 12.1 Å². The van der Waals surface area contributed by atoms with Gasteiger partial charge in [0.25, 0.3) is 0 Å². The summed E-state index contributed by atoms with van der Waals surface area (Å²) in [4.78, 5) is 0.00445. The maximum atomic E-state index is 12.2. The molecule has 5 nitrogen and oxygen atoms in total. The molecule has 0 radical (unpaired) electrons. The Hall–Kier alpha value is -2.36. The van der Waals surface area contributed by atoms with Crippen LogP contribution in [0.4, 0.5) is 5.69 Å². The predicted molar refractivity (Wildman–Crippen MR) is 80.9 cm³/mol. The molecule has 0 spiro atoms. The number of nitrogens with one attached hydrogen (secondary N) is 1. The summed E-state index contributed by atoms with van der Waals surface area (Å²) in [6.07, 6.45) is 0.550.